The first-order chi connectivity index (χ1) is 5.24. The van der Waals surface area contributed by atoms with Crippen molar-refractivity contribution in [2.45, 2.75) is 32.2 Å². The van der Waals surface area contributed by atoms with Gasteiger partial charge >= 0.3 is 0 Å². The molecule has 1 saturated heterocycles. The summed E-state index contributed by atoms with van der Waals surface area (Å²) in [6.45, 7) is 3.68. The molecule has 0 saturated carbocycles. The zero-order chi connectivity index (χ0) is 8.27. The molecule has 1 rings (SSSR count). The van der Waals surface area contributed by atoms with E-state index < -0.39 is 0 Å². The lowest BCUT2D eigenvalue weighted by atomic mass is 10.1. The van der Waals surface area contributed by atoms with Crippen molar-refractivity contribution in [1.82, 2.24) is 4.90 Å². The SMILES string of the molecule is CCN1CCC(N)CCC1=O. The minimum Gasteiger partial charge on any atom is -0.343 e. The van der Waals surface area contributed by atoms with Gasteiger partial charge in [-0.25, -0.2) is 0 Å². The summed E-state index contributed by atoms with van der Waals surface area (Å²) in [6, 6.07) is 0.232. The molecule has 0 aliphatic carbocycles. The maximum absolute atomic E-state index is 11.3. The number of likely N-dealkylation sites (tertiary alicyclic amines) is 1. The summed E-state index contributed by atoms with van der Waals surface area (Å²) in [5, 5.41) is 0. The van der Waals surface area contributed by atoms with Gasteiger partial charge in [0, 0.05) is 25.6 Å². The highest BCUT2D eigenvalue weighted by Gasteiger charge is 2.18. The summed E-state index contributed by atoms with van der Waals surface area (Å²) in [4.78, 5) is 13.1. The molecule has 0 bridgehead atoms. The zero-order valence-electron chi connectivity index (χ0n) is 7.05. The van der Waals surface area contributed by atoms with Crippen LogP contribution in [0.1, 0.15) is 26.2 Å². The van der Waals surface area contributed by atoms with E-state index in [4.69, 9.17) is 5.73 Å². The molecule has 1 unspecified atom stereocenters. The van der Waals surface area contributed by atoms with Gasteiger partial charge in [-0.2, -0.15) is 0 Å². The molecule has 0 aromatic carbocycles. The maximum Gasteiger partial charge on any atom is 0.222 e. The summed E-state index contributed by atoms with van der Waals surface area (Å²) < 4.78 is 0. The molecule has 1 aliphatic rings. The predicted molar refractivity (Wildman–Crippen MR) is 44.1 cm³/mol. The van der Waals surface area contributed by atoms with Crippen molar-refractivity contribution in [1.29, 1.82) is 0 Å². The van der Waals surface area contributed by atoms with Gasteiger partial charge in [0.1, 0.15) is 0 Å². The molecule has 1 heterocycles. The Labute approximate surface area is 67.5 Å². The first-order valence-corrected chi connectivity index (χ1v) is 4.27. The molecule has 1 fully saturated rings. The van der Waals surface area contributed by atoms with Crippen LogP contribution in [0.4, 0.5) is 0 Å². The van der Waals surface area contributed by atoms with E-state index in [9.17, 15) is 4.79 Å². The molecule has 1 atom stereocenters. The Balaban J connectivity index is 2.48. The molecule has 1 aliphatic heterocycles. The van der Waals surface area contributed by atoms with Crippen LogP contribution in [0.15, 0.2) is 0 Å². The van der Waals surface area contributed by atoms with Crippen LogP contribution < -0.4 is 5.73 Å². The third-order valence-corrected chi connectivity index (χ3v) is 2.23. The lowest BCUT2D eigenvalue weighted by Crippen LogP contribution is -2.30. The number of carbonyl (C=O) groups is 1. The first-order valence-electron chi connectivity index (χ1n) is 4.27. The van der Waals surface area contributed by atoms with Crippen LogP contribution in [0, 0.1) is 0 Å². The Morgan fingerprint density at radius 3 is 3.00 bits per heavy atom. The van der Waals surface area contributed by atoms with Gasteiger partial charge < -0.3 is 10.6 Å². The van der Waals surface area contributed by atoms with E-state index in [1.807, 2.05) is 11.8 Å². The van der Waals surface area contributed by atoms with Crippen LogP contribution in [0.3, 0.4) is 0 Å². The van der Waals surface area contributed by atoms with Crippen molar-refractivity contribution in [3.05, 3.63) is 0 Å². The minimum absolute atomic E-state index is 0.232. The highest BCUT2D eigenvalue weighted by atomic mass is 16.2. The van der Waals surface area contributed by atoms with Gasteiger partial charge in [0.15, 0.2) is 0 Å². The van der Waals surface area contributed by atoms with Crippen LogP contribution in [-0.4, -0.2) is 29.9 Å². The van der Waals surface area contributed by atoms with Gasteiger partial charge in [-0.1, -0.05) is 0 Å². The van der Waals surface area contributed by atoms with Crippen molar-refractivity contribution < 1.29 is 4.79 Å². The normalized spacial score (nSPS) is 26.9. The average molecular weight is 156 g/mol. The Hall–Kier alpha value is -0.570. The third-order valence-electron chi connectivity index (χ3n) is 2.23. The lowest BCUT2D eigenvalue weighted by Gasteiger charge is -2.17. The summed E-state index contributed by atoms with van der Waals surface area (Å²) in [7, 11) is 0. The van der Waals surface area contributed by atoms with Gasteiger partial charge in [0.05, 0.1) is 0 Å². The highest BCUT2D eigenvalue weighted by molar-refractivity contribution is 5.76. The molecular weight excluding hydrogens is 140 g/mol. The number of hydrogen-bond donors (Lipinski definition) is 1. The molecule has 1 amide bonds. The quantitative estimate of drug-likeness (QED) is 0.595. The fraction of sp³-hybridized carbons (Fsp3) is 0.875. The molecule has 3 nitrogen and oxygen atoms in total. The van der Waals surface area contributed by atoms with Crippen molar-refractivity contribution in [2.24, 2.45) is 5.73 Å². The molecule has 64 valence electrons. The number of hydrogen-bond acceptors (Lipinski definition) is 2. The summed E-state index contributed by atoms with van der Waals surface area (Å²) in [6.07, 6.45) is 2.45. The number of nitrogens with zero attached hydrogens (tertiary/aromatic N) is 1. The van der Waals surface area contributed by atoms with Crippen molar-refractivity contribution in [2.75, 3.05) is 13.1 Å². The minimum atomic E-state index is 0.232. The van der Waals surface area contributed by atoms with Crippen LogP contribution in [0.25, 0.3) is 0 Å². The number of nitrogens with two attached hydrogens (primary N) is 1. The maximum atomic E-state index is 11.3. The highest BCUT2D eigenvalue weighted by Crippen LogP contribution is 2.09. The van der Waals surface area contributed by atoms with E-state index in [-0.39, 0.29) is 11.9 Å². The van der Waals surface area contributed by atoms with Crippen LogP contribution >= 0.6 is 0 Å². The molecule has 2 N–H and O–H groups in total. The smallest absolute Gasteiger partial charge is 0.222 e. The molecular formula is C8H16N2O. The zero-order valence-corrected chi connectivity index (χ0v) is 7.05. The Morgan fingerprint density at radius 1 is 1.64 bits per heavy atom. The van der Waals surface area contributed by atoms with Gasteiger partial charge in [0.25, 0.3) is 0 Å². The Bertz CT molecular complexity index is 147. The van der Waals surface area contributed by atoms with E-state index >= 15 is 0 Å². The molecule has 0 aromatic heterocycles. The first kappa shape index (κ1) is 8.53. The summed E-state index contributed by atoms with van der Waals surface area (Å²) >= 11 is 0. The topological polar surface area (TPSA) is 46.3 Å². The van der Waals surface area contributed by atoms with Crippen molar-refractivity contribution in [3.8, 4) is 0 Å². The molecule has 0 aromatic rings. The second-order valence-corrected chi connectivity index (χ2v) is 3.06. The third kappa shape index (κ3) is 2.19. The van der Waals surface area contributed by atoms with Gasteiger partial charge in [0.2, 0.25) is 5.91 Å². The monoisotopic (exact) mass is 156 g/mol. The molecule has 3 heteroatoms. The number of amides is 1. The Kier molecular flexibility index (Phi) is 2.88. The van der Waals surface area contributed by atoms with E-state index in [2.05, 4.69) is 0 Å². The predicted octanol–water partition coefficient (Wildman–Crippen LogP) is 0.346. The number of rotatable bonds is 1. The Morgan fingerprint density at radius 2 is 2.36 bits per heavy atom. The largest absolute Gasteiger partial charge is 0.343 e. The van der Waals surface area contributed by atoms with E-state index in [1.54, 1.807) is 0 Å². The fourth-order valence-electron chi connectivity index (χ4n) is 1.39. The number of carbonyl (C=O) groups excluding carboxylic acids is 1. The van der Waals surface area contributed by atoms with E-state index in [0.29, 0.717) is 6.42 Å². The summed E-state index contributed by atoms with van der Waals surface area (Å²) in [5.74, 6) is 0.264. The molecule has 0 radical (unpaired) electrons. The lowest BCUT2D eigenvalue weighted by molar-refractivity contribution is -0.130. The fourth-order valence-corrected chi connectivity index (χ4v) is 1.39. The molecule has 11 heavy (non-hydrogen) atoms. The van der Waals surface area contributed by atoms with Crippen LogP contribution in [0.2, 0.25) is 0 Å². The second kappa shape index (κ2) is 3.72. The van der Waals surface area contributed by atoms with Crippen molar-refractivity contribution >= 4 is 5.91 Å². The van der Waals surface area contributed by atoms with Crippen LogP contribution in [-0.2, 0) is 4.79 Å². The van der Waals surface area contributed by atoms with Gasteiger partial charge in [-0.3, -0.25) is 4.79 Å². The molecule has 0 spiro atoms. The van der Waals surface area contributed by atoms with E-state index in [0.717, 1.165) is 25.9 Å². The average Bonchev–Trinajstić information content (AvgIpc) is 2.15. The van der Waals surface area contributed by atoms with Crippen molar-refractivity contribution in [3.63, 3.8) is 0 Å². The van der Waals surface area contributed by atoms with Crippen LogP contribution in [0.5, 0.6) is 0 Å². The van der Waals surface area contributed by atoms with Gasteiger partial charge in [-0.15, -0.1) is 0 Å². The van der Waals surface area contributed by atoms with Gasteiger partial charge in [-0.05, 0) is 19.8 Å². The summed E-state index contributed by atoms with van der Waals surface area (Å²) in [5.41, 5.74) is 5.73. The van der Waals surface area contributed by atoms with E-state index in [1.165, 1.54) is 0 Å². The standard InChI is InChI=1S/C8H16N2O/c1-2-10-6-5-7(9)3-4-8(10)11/h7H,2-6,9H2,1H3. The second-order valence-electron chi connectivity index (χ2n) is 3.06.